The number of rotatable bonds is 3. The van der Waals surface area contributed by atoms with Crippen LogP contribution >= 0.6 is 15.9 Å². The number of aryl methyl sites for hydroxylation is 2. The lowest BCUT2D eigenvalue weighted by atomic mass is 10.1. The second-order valence-corrected chi connectivity index (χ2v) is 5.34. The highest BCUT2D eigenvalue weighted by Crippen LogP contribution is 2.30. The Morgan fingerprint density at radius 3 is 2.53 bits per heavy atom. The highest BCUT2D eigenvalue weighted by atomic mass is 79.9. The van der Waals surface area contributed by atoms with Gasteiger partial charge in [0.15, 0.2) is 0 Å². The fourth-order valence-electron chi connectivity index (χ4n) is 1.74. The third kappa shape index (κ3) is 3.15. The third-order valence-electron chi connectivity index (χ3n) is 2.80. The van der Waals surface area contributed by atoms with Crippen molar-refractivity contribution in [3.63, 3.8) is 0 Å². The lowest BCUT2D eigenvalue weighted by molar-refractivity contribution is 0.477. The second kappa shape index (κ2) is 5.45. The number of nitrogens with one attached hydrogen (secondary N) is 1. The molecule has 0 spiro atoms. The summed E-state index contributed by atoms with van der Waals surface area (Å²) in [5.74, 6) is 1.35. The molecule has 0 bridgehead atoms. The molecule has 0 aromatic heterocycles. The van der Waals surface area contributed by atoms with Crippen molar-refractivity contribution in [1.82, 2.24) is 0 Å². The van der Waals surface area contributed by atoms with E-state index in [2.05, 4.69) is 15.9 Å². The molecule has 0 aliphatic carbocycles. The minimum Gasteiger partial charge on any atom is -0.456 e. The Bertz CT molecular complexity index is 638. The van der Waals surface area contributed by atoms with E-state index < -0.39 is 0 Å². The van der Waals surface area contributed by atoms with Crippen LogP contribution in [0.5, 0.6) is 11.5 Å². The molecular weight excluding hydrogens is 304 g/mol. The number of nitrogen functional groups attached to an aromatic ring is 1. The van der Waals surface area contributed by atoms with E-state index in [1.807, 2.05) is 44.2 Å². The van der Waals surface area contributed by atoms with Gasteiger partial charge in [-0.2, -0.15) is 0 Å². The van der Waals surface area contributed by atoms with Gasteiger partial charge in [0, 0.05) is 4.47 Å². The Hall–Kier alpha value is -1.81. The standard InChI is InChI=1S/C15H15BrN2O/c1-9-3-4-10(2)13(7-9)19-14-8-11(16)5-6-12(14)15(17)18/h3-8H,1-2H3,(H3,17,18). The summed E-state index contributed by atoms with van der Waals surface area (Å²) in [5.41, 5.74) is 8.33. The Kier molecular flexibility index (Phi) is 3.90. The molecule has 0 amide bonds. The summed E-state index contributed by atoms with van der Waals surface area (Å²) < 4.78 is 6.80. The number of halogens is 1. The van der Waals surface area contributed by atoms with Crippen molar-refractivity contribution in [2.24, 2.45) is 5.73 Å². The van der Waals surface area contributed by atoms with Gasteiger partial charge in [-0.1, -0.05) is 28.1 Å². The first-order chi connectivity index (χ1) is 8.97. The van der Waals surface area contributed by atoms with E-state index in [-0.39, 0.29) is 5.84 Å². The van der Waals surface area contributed by atoms with Crippen LogP contribution in [0.3, 0.4) is 0 Å². The molecule has 2 rings (SSSR count). The number of hydrogen-bond donors (Lipinski definition) is 2. The zero-order valence-corrected chi connectivity index (χ0v) is 12.4. The van der Waals surface area contributed by atoms with E-state index in [9.17, 15) is 0 Å². The van der Waals surface area contributed by atoms with Crippen LogP contribution in [0, 0.1) is 19.3 Å². The number of benzene rings is 2. The molecular formula is C15H15BrN2O. The van der Waals surface area contributed by atoms with Gasteiger partial charge in [-0.15, -0.1) is 0 Å². The summed E-state index contributed by atoms with van der Waals surface area (Å²) in [7, 11) is 0. The Labute approximate surface area is 121 Å². The molecule has 0 heterocycles. The summed E-state index contributed by atoms with van der Waals surface area (Å²) in [6, 6.07) is 11.4. The summed E-state index contributed by atoms with van der Waals surface area (Å²) in [6.07, 6.45) is 0. The second-order valence-electron chi connectivity index (χ2n) is 4.43. The number of amidine groups is 1. The molecule has 0 atom stereocenters. The summed E-state index contributed by atoms with van der Waals surface area (Å²) >= 11 is 3.40. The topological polar surface area (TPSA) is 59.1 Å². The van der Waals surface area contributed by atoms with Crippen molar-refractivity contribution < 1.29 is 4.74 Å². The zero-order chi connectivity index (χ0) is 14.0. The van der Waals surface area contributed by atoms with Crippen LogP contribution in [-0.2, 0) is 0 Å². The van der Waals surface area contributed by atoms with Crippen LogP contribution in [0.1, 0.15) is 16.7 Å². The monoisotopic (exact) mass is 318 g/mol. The van der Waals surface area contributed by atoms with E-state index in [4.69, 9.17) is 15.9 Å². The molecule has 0 saturated carbocycles. The maximum atomic E-state index is 7.59. The fraction of sp³-hybridized carbons (Fsp3) is 0.133. The van der Waals surface area contributed by atoms with Crippen LogP contribution in [0.15, 0.2) is 40.9 Å². The van der Waals surface area contributed by atoms with Gasteiger partial charge in [-0.05, 0) is 49.2 Å². The van der Waals surface area contributed by atoms with Gasteiger partial charge < -0.3 is 10.5 Å². The quantitative estimate of drug-likeness (QED) is 0.660. The van der Waals surface area contributed by atoms with Crippen molar-refractivity contribution in [1.29, 1.82) is 5.41 Å². The molecule has 0 unspecified atom stereocenters. The molecule has 4 heteroatoms. The van der Waals surface area contributed by atoms with Crippen LogP contribution in [0.25, 0.3) is 0 Å². The molecule has 2 aromatic carbocycles. The highest BCUT2D eigenvalue weighted by molar-refractivity contribution is 9.10. The molecule has 0 saturated heterocycles. The molecule has 0 aliphatic heterocycles. The minimum atomic E-state index is -0.00666. The van der Waals surface area contributed by atoms with Gasteiger partial charge in [0.2, 0.25) is 0 Å². The lowest BCUT2D eigenvalue weighted by Crippen LogP contribution is -2.12. The normalized spacial score (nSPS) is 10.3. The van der Waals surface area contributed by atoms with E-state index in [0.29, 0.717) is 11.3 Å². The van der Waals surface area contributed by atoms with Crippen LogP contribution < -0.4 is 10.5 Å². The van der Waals surface area contributed by atoms with Gasteiger partial charge >= 0.3 is 0 Å². The van der Waals surface area contributed by atoms with Crippen molar-refractivity contribution in [2.45, 2.75) is 13.8 Å². The SMILES string of the molecule is Cc1ccc(C)c(Oc2cc(Br)ccc2C(=N)N)c1. The van der Waals surface area contributed by atoms with Crippen LogP contribution in [0.4, 0.5) is 0 Å². The van der Waals surface area contributed by atoms with E-state index in [0.717, 1.165) is 21.3 Å². The summed E-state index contributed by atoms with van der Waals surface area (Å²) in [5, 5.41) is 7.59. The predicted octanol–water partition coefficient (Wildman–Crippen LogP) is 4.14. The summed E-state index contributed by atoms with van der Waals surface area (Å²) in [4.78, 5) is 0. The Morgan fingerprint density at radius 2 is 1.84 bits per heavy atom. The molecule has 19 heavy (non-hydrogen) atoms. The Balaban J connectivity index is 2.45. The largest absolute Gasteiger partial charge is 0.456 e. The maximum Gasteiger partial charge on any atom is 0.139 e. The van der Waals surface area contributed by atoms with Crippen molar-refractivity contribution >= 4 is 21.8 Å². The van der Waals surface area contributed by atoms with Gasteiger partial charge in [0.05, 0.1) is 5.56 Å². The van der Waals surface area contributed by atoms with Crippen molar-refractivity contribution in [3.05, 3.63) is 57.6 Å². The van der Waals surface area contributed by atoms with Gasteiger partial charge in [0.1, 0.15) is 17.3 Å². The lowest BCUT2D eigenvalue weighted by Gasteiger charge is -2.13. The minimum absolute atomic E-state index is 0.00666. The smallest absolute Gasteiger partial charge is 0.139 e. The number of ether oxygens (including phenoxy) is 1. The van der Waals surface area contributed by atoms with E-state index in [1.165, 1.54) is 0 Å². The molecule has 98 valence electrons. The van der Waals surface area contributed by atoms with Gasteiger partial charge in [-0.3, -0.25) is 5.41 Å². The summed E-state index contributed by atoms with van der Waals surface area (Å²) in [6.45, 7) is 4.00. The van der Waals surface area contributed by atoms with Gasteiger partial charge in [0.25, 0.3) is 0 Å². The number of hydrogen-bond acceptors (Lipinski definition) is 2. The zero-order valence-electron chi connectivity index (χ0n) is 10.8. The average Bonchev–Trinajstić information content (AvgIpc) is 2.33. The first kappa shape index (κ1) is 13.6. The molecule has 2 aromatic rings. The van der Waals surface area contributed by atoms with E-state index >= 15 is 0 Å². The molecule has 0 radical (unpaired) electrons. The van der Waals surface area contributed by atoms with Crippen LogP contribution in [-0.4, -0.2) is 5.84 Å². The Morgan fingerprint density at radius 1 is 1.11 bits per heavy atom. The molecule has 3 N–H and O–H groups in total. The van der Waals surface area contributed by atoms with E-state index in [1.54, 1.807) is 6.07 Å². The first-order valence-electron chi connectivity index (χ1n) is 5.86. The first-order valence-corrected chi connectivity index (χ1v) is 6.65. The molecule has 3 nitrogen and oxygen atoms in total. The number of nitrogens with two attached hydrogens (primary N) is 1. The third-order valence-corrected chi connectivity index (χ3v) is 3.29. The molecule has 0 aliphatic rings. The van der Waals surface area contributed by atoms with Crippen molar-refractivity contribution in [2.75, 3.05) is 0 Å². The fourth-order valence-corrected chi connectivity index (χ4v) is 2.08. The highest BCUT2D eigenvalue weighted by Gasteiger charge is 2.10. The van der Waals surface area contributed by atoms with Crippen LogP contribution in [0.2, 0.25) is 0 Å². The maximum absolute atomic E-state index is 7.59. The van der Waals surface area contributed by atoms with Gasteiger partial charge in [-0.25, -0.2) is 0 Å². The predicted molar refractivity (Wildman–Crippen MR) is 81.1 cm³/mol. The molecule has 0 fully saturated rings. The van der Waals surface area contributed by atoms with Crippen molar-refractivity contribution in [3.8, 4) is 11.5 Å². The average molecular weight is 319 g/mol.